The molecule has 0 radical (unpaired) electrons. The number of hydrogen-bond acceptors (Lipinski definition) is 7. The van der Waals surface area contributed by atoms with Crippen molar-refractivity contribution in [1.82, 2.24) is 10.2 Å². The number of alkyl halides is 4. The fourth-order valence-corrected chi connectivity index (χ4v) is 6.86. The van der Waals surface area contributed by atoms with Gasteiger partial charge < -0.3 is 19.7 Å². The lowest BCUT2D eigenvalue weighted by atomic mass is 9.96. The molecule has 14 heteroatoms. The van der Waals surface area contributed by atoms with E-state index in [4.69, 9.17) is 44.3 Å². The van der Waals surface area contributed by atoms with Gasteiger partial charge in [-0.2, -0.15) is 0 Å². The fraction of sp³-hybridized carbons (Fsp3) is 0.583. The summed E-state index contributed by atoms with van der Waals surface area (Å²) in [5.41, 5.74) is 0.500. The fourth-order valence-electron chi connectivity index (χ4n) is 4.38. The number of thioether (sulfide) groups is 1. The van der Waals surface area contributed by atoms with Crippen LogP contribution < -0.4 is 10.2 Å². The maximum Gasteiger partial charge on any atom is 0.414 e. The number of anilines is 1. The lowest BCUT2D eigenvalue weighted by Gasteiger charge is -2.44. The Balaban J connectivity index is 1.40. The third-order valence-electron chi connectivity index (χ3n) is 6.55. The molecule has 1 aliphatic carbocycles. The number of β-lactam (4-membered cyclic amide) rings is 1. The SMILES string of the molecule is CC1(CBr)S[C@H]2C(NC(=O)CN(C(=O)OCCC3CC3)c3ccccc3)C(=O)N2C1C(=O)OCC(Cl)(Cl)Cl. The summed E-state index contributed by atoms with van der Waals surface area (Å²) < 4.78 is 8.06. The van der Waals surface area contributed by atoms with Gasteiger partial charge in [-0.25, -0.2) is 9.59 Å². The van der Waals surface area contributed by atoms with Crippen LogP contribution in [0.15, 0.2) is 30.3 Å². The maximum absolute atomic E-state index is 13.1. The highest BCUT2D eigenvalue weighted by Crippen LogP contribution is 2.52. The number of fused-ring (bicyclic) bond motifs is 1. The second-order valence-electron chi connectivity index (χ2n) is 9.64. The molecular weight excluding hydrogens is 645 g/mol. The Morgan fingerprint density at radius 1 is 1.21 bits per heavy atom. The van der Waals surface area contributed by atoms with Gasteiger partial charge in [0, 0.05) is 11.0 Å². The molecule has 2 aliphatic heterocycles. The van der Waals surface area contributed by atoms with Crippen molar-refractivity contribution in [3.63, 3.8) is 0 Å². The maximum atomic E-state index is 13.1. The molecule has 2 heterocycles. The molecule has 3 amide bonds. The van der Waals surface area contributed by atoms with E-state index in [2.05, 4.69) is 21.2 Å². The van der Waals surface area contributed by atoms with Crippen LogP contribution in [-0.2, 0) is 23.9 Å². The minimum Gasteiger partial charge on any atom is -0.460 e. The monoisotopic (exact) mass is 669 g/mol. The van der Waals surface area contributed by atoms with Crippen molar-refractivity contribution >= 4 is 92.1 Å². The van der Waals surface area contributed by atoms with Gasteiger partial charge >= 0.3 is 12.1 Å². The van der Waals surface area contributed by atoms with Crippen LogP contribution in [0.3, 0.4) is 0 Å². The summed E-state index contributed by atoms with van der Waals surface area (Å²) in [6.07, 6.45) is 2.46. The topological polar surface area (TPSA) is 105 Å². The Kier molecular flexibility index (Phi) is 9.34. The first-order valence-corrected chi connectivity index (χ1v) is 15.1. The van der Waals surface area contributed by atoms with Gasteiger partial charge in [0.2, 0.25) is 15.6 Å². The van der Waals surface area contributed by atoms with E-state index in [1.54, 1.807) is 30.3 Å². The number of carbonyl (C=O) groups excluding carboxylic acids is 4. The zero-order valence-electron chi connectivity index (χ0n) is 20.4. The quantitative estimate of drug-likeness (QED) is 0.225. The largest absolute Gasteiger partial charge is 0.460 e. The summed E-state index contributed by atoms with van der Waals surface area (Å²) >= 11 is 21.9. The number of amides is 3. The summed E-state index contributed by atoms with van der Waals surface area (Å²) in [6.45, 7) is 1.30. The standard InChI is InChI=1S/C24H27BrCl3N3O6S/c1-23(12-25)18(21(34)37-13-24(26,27)28)31-19(33)17(20(31)38-23)29-16(32)11-30(15-5-3-2-4-6-15)22(35)36-10-9-14-7-8-14/h2-6,14,17-18,20H,7-13H2,1H3,(H,29,32)/t17?,18?,20-,23?/m0/s1. The summed E-state index contributed by atoms with van der Waals surface area (Å²) in [5.74, 6) is -1.07. The second-order valence-corrected chi connectivity index (χ2v) is 14.4. The molecule has 1 N–H and O–H groups in total. The molecule has 2 saturated heterocycles. The molecule has 1 aromatic rings. The molecule has 208 valence electrons. The molecule has 38 heavy (non-hydrogen) atoms. The van der Waals surface area contributed by atoms with Crippen molar-refractivity contribution in [3.05, 3.63) is 30.3 Å². The van der Waals surface area contributed by atoms with Crippen molar-refractivity contribution in [3.8, 4) is 0 Å². The summed E-state index contributed by atoms with van der Waals surface area (Å²) in [5, 5.41) is 2.59. The molecule has 0 spiro atoms. The van der Waals surface area contributed by atoms with Crippen molar-refractivity contribution in [2.24, 2.45) is 5.92 Å². The molecule has 3 fully saturated rings. The van der Waals surface area contributed by atoms with Crippen molar-refractivity contribution in [2.45, 2.75) is 52.2 Å². The van der Waals surface area contributed by atoms with Gasteiger partial charge in [0.1, 0.15) is 30.6 Å². The predicted octanol–water partition coefficient (Wildman–Crippen LogP) is 4.27. The van der Waals surface area contributed by atoms with Crippen LogP contribution in [0.4, 0.5) is 10.5 Å². The summed E-state index contributed by atoms with van der Waals surface area (Å²) in [4.78, 5) is 54.5. The zero-order chi connectivity index (χ0) is 27.7. The third-order valence-corrected chi connectivity index (χ3v) is 10.1. The van der Waals surface area contributed by atoms with Gasteiger partial charge in [0.25, 0.3) is 0 Å². The van der Waals surface area contributed by atoms with Gasteiger partial charge in [-0.05, 0) is 31.4 Å². The van der Waals surface area contributed by atoms with Gasteiger partial charge in [-0.1, -0.05) is 81.8 Å². The number of rotatable bonds is 10. The third kappa shape index (κ3) is 6.83. The lowest BCUT2D eigenvalue weighted by molar-refractivity contribution is -0.164. The van der Waals surface area contributed by atoms with E-state index < -0.39 is 56.5 Å². The minimum absolute atomic E-state index is 0.282. The average Bonchev–Trinajstić information content (AvgIpc) is 3.66. The first kappa shape index (κ1) is 29.6. The van der Waals surface area contributed by atoms with Crippen molar-refractivity contribution < 1.29 is 28.7 Å². The molecule has 9 nitrogen and oxygen atoms in total. The molecule has 0 aromatic heterocycles. The van der Waals surface area contributed by atoms with Crippen LogP contribution in [0.5, 0.6) is 0 Å². The van der Waals surface area contributed by atoms with Gasteiger partial charge in [0.15, 0.2) is 0 Å². The first-order chi connectivity index (χ1) is 17.9. The molecule has 4 rings (SSSR count). The number of halogens is 4. The van der Waals surface area contributed by atoms with Crippen LogP contribution in [0.2, 0.25) is 0 Å². The van der Waals surface area contributed by atoms with E-state index in [0.717, 1.165) is 19.3 Å². The Labute approximate surface area is 248 Å². The van der Waals surface area contributed by atoms with Crippen LogP contribution in [0, 0.1) is 5.92 Å². The molecule has 0 bridgehead atoms. The van der Waals surface area contributed by atoms with Crippen LogP contribution in [0.25, 0.3) is 0 Å². The molecular formula is C24H27BrCl3N3O6S. The molecule has 1 saturated carbocycles. The zero-order valence-corrected chi connectivity index (χ0v) is 25.1. The van der Waals surface area contributed by atoms with Crippen LogP contribution in [0.1, 0.15) is 26.2 Å². The number of carbonyl (C=O) groups is 4. The summed E-state index contributed by atoms with van der Waals surface area (Å²) in [7, 11) is 0. The van der Waals surface area contributed by atoms with Gasteiger partial charge in [0.05, 0.1) is 11.4 Å². The van der Waals surface area contributed by atoms with E-state index in [-0.39, 0.29) is 13.2 Å². The van der Waals surface area contributed by atoms with Crippen LogP contribution >= 0.6 is 62.5 Å². The number of esters is 1. The molecule has 3 unspecified atom stereocenters. The number of hydrogen-bond donors (Lipinski definition) is 1. The van der Waals surface area contributed by atoms with E-state index in [9.17, 15) is 19.2 Å². The normalized spacial score (nSPS) is 26.3. The minimum atomic E-state index is -1.79. The number of ether oxygens (including phenoxy) is 2. The van der Waals surface area contributed by atoms with Gasteiger partial charge in [-0.3, -0.25) is 14.5 Å². The molecule has 1 aromatic carbocycles. The van der Waals surface area contributed by atoms with Crippen molar-refractivity contribution in [2.75, 3.05) is 30.0 Å². The molecule has 4 atom stereocenters. The Hall–Kier alpha value is -1.40. The summed E-state index contributed by atoms with van der Waals surface area (Å²) in [6, 6.07) is 6.90. The number of nitrogens with one attached hydrogen (secondary N) is 1. The first-order valence-electron chi connectivity index (χ1n) is 12.0. The van der Waals surface area contributed by atoms with E-state index in [1.165, 1.54) is 21.6 Å². The highest BCUT2D eigenvalue weighted by Gasteiger charge is 2.65. The van der Waals surface area contributed by atoms with Crippen molar-refractivity contribution in [1.29, 1.82) is 0 Å². The number of nitrogens with zero attached hydrogens (tertiary/aromatic N) is 2. The number of para-hydroxylation sites is 1. The Morgan fingerprint density at radius 3 is 2.50 bits per heavy atom. The van der Waals surface area contributed by atoms with E-state index >= 15 is 0 Å². The highest BCUT2D eigenvalue weighted by molar-refractivity contribution is 9.09. The van der Waals surface area contributed by atoms with Crippen LogP contribution in [-0.4, -0.2) is 79.9 Å². The Morgan fingerprint density at radius 2 is 1.89 bits per heavy atom. The van der Waals surface area contributed by atoms with Gasteiger partial charge in [-0.15, -0.1) is 11.8 Å². The second kappa shape index (κ2) is 12.0. The van der Waals surface area contributed by atoms with E-state index in [0.29, 0.717) is 16.9 Å². The van der Waals surface area contributed by atoms with E-state index in [1.807, 2.05) is 6.92 Å². The molecule has 3 aliphatic rings. The average molecular weight is 672 g/mol. The highest BCUT2D eigenvalue weighted by atomic mass is 79.9. The Bertz CT molecular complexity index is 1080. The number of benzene rings is 1. The smallest absolute Gasteiger partial charge is 0.414 e. The lowest BCUT2D eigenvalue weighted by Crippen LogP contribution is -2.71. The predicted molar refractivity (Wildman–Crippen MR) is 150 cm³/mol.